The summed E-state index contributed by atoms with van der Waals surface area (Å²) in [5.74, 6) is -1.65. The number of benzene rings is 1. The van der Waals surface area contributed by atoms with Gasteiger partial charge in [-0.2, -0.15) is 0 Å². The number of anilines is 1. The Morgan fingerprint density at radius 1 is 1.18 bits per heavy atom. The molecule has 1 N–H and O–H groups in total. The van der Waals surface area contributed by atoms with Crippen molar-refractivity contribution in [3.8, 4) is 0 Å². The minimum Gasteiger partial charge on any atom is -0.475 e. The number of carboxylic acid groups (broad SMARTS) is 1. The van der Waals surface area contributed by atoms with E-state index in [4.69, 9.17) is 9.52 Å². The van der Waals surface area contributed by atoms with E-state index >= 15 is 0 Å². The van der Waals surface area contributed by atoms with E-state index < -0.39 is 21.8 Å². The van der Waals surface area contributed by atoms with Crippen molar-refractivity contribution in [3.05, 3.63) is 46.9 Å². The third kappa shape index (κ3) is 2.71. The standard InChI is InChI=1S/C15H17NO5S/c1-9-5-6-10(2)12(7-9)16(4)22(19,20)14-8-13(15(17)18)21-11(14)3/h5-8H,1-4H3,(H,17,18). The predicted octanol–water partition coefficient (Wildman–Crippen LogP) is 2.73. The molecule has 2 aromatic rings. The van der Waals surface area contributed by atoms with Crippen LogP contribution in [0.15, 0.2) is 33.6 Å². The highest BCUT2D eigenvalue weighted by Gasteiger charge is 2.28. The molecule has 0 amide bonds. The molecule has 22 heavy (non-hydrogen) atoms. The molecule has 0 bridgehead atoms. The first-order valence-electron chi connectivity index (χ1n) is 6.54. The van der Waals surface area contributed by atoms with Crippen molar-refractivity contribution in [3.63, 3.8) is 0 Å². The number of sulfonamides is 1. The van der Waals surface area contributed by atoms with Crippen LogP contribution >= 0.6 is 0 Å². The molecule has 0 atom stereocenters. The number of carboxylic acids is 1. The van der Waals surface area contributed by atoms with Gasteiger partial charge in [0.2, 0.25) is 5.76 Å². The van der Waals surface area contributed by atoms with E-state index in [9.17, 15) is 13.2 Å². The topological polar surface area (TPSA) is 87.8 Å². The molecule has 0 spiro atoms. The summed E-state index contributed by atoms with van der Waals surface area (Å²) in [7, 11) is -2.46. The zero-order valence-corrected chi connectivity index (χ0v) is 13.6. The Kier molecular flexibility index (Phi) is 4.02. The lowest BCUT2D eigenvalue weighted by atomic mass is 10.1. The Balaban J connectivity index is 2.54. The smallest absolute Gasteiger partial charge is 0.371 e. The van der Waals surface area contributed by atoms with Crippen molar-refractivity contribution in [2.75, 3.05) is 11.4 Å². The number of rotatable bonds is 4. The van der Waals surface area contributed by atoms with E-state index in [1.165, 1.54) is 14.0 Å². The fourth-order valence-corrected chi connectivity index (χ4v) is 3.57. The summed E-state index contributed by atoms with van der Waals surface area (Å²) in [6.07, 6.45) is 0. The molecule has 118 valence electrons. The second kappa shape index (κ2) is 5.49. The van der Waals surface area contributed by atoms with Gasteiger partial charge in [0, 0.05) is 13.1 Å². The number of aromatic carboxylic acids is 1. The van der Waals surface area contributed by atoms with Gasteiger partial charge < -0.3 is 9.52 Å². The molecule has 0 fully saturated rings. The monoisotopic (exact) mass is 323 g/mol. The third-order valence-electron chi connectivity index (χ3n) is 3.43. The maximum atomic E-state index is 12.7. The van der Waals surface area contributed by atoms with E-state index in [0.29, 0.717) is 5.69 Å². The molecule has 1 heterocycles. The molecule has 1 aromatic carbocycles. The Bertz CT molecular complexity index is 836. The van der Waals surface area contributed by atoms with Crippen LogP contribution in [0.2, 0.25) is 0 Å². The van der Waals surface area contributed by atoms with Gasteiger partial charge in [0.15, 0.2) is 0 Å². The highest BCUT2D eigenvalue weighted by atomic mass is 32.2. The first-order valence-corrected chi connectivity index (χ1v) is 7.98. The molecular formula is C15H17NO5S. The summed E-state index contributed by atoms with van der Waals surface area (Å²) in [6.45, 7) is 5.11. The summed E-state index contributed by atoms with van der Waals surface area (Å²) >= 11 is 0. The van der Waals surface area contributed by atoms with Gasteiger partial charge >= 0.3 is 5.97 Å². The Morgan fingerprint density at radius 3 is 2.36 bits per heavy atom. The van der Waals surface area contributed by atoms with E-state index in [-0.39, 0.29) is 10.7 Å². The molecule has 6 nitrogen and oxygen atoms in total. The number of nitrogens with zero attached hydrogens (tertiary/aromatic N) is 1. The van der Waals surface area contributed by atoms with E-state index in [1.54, 1.807) is 6.07 Å². The number of aryl methyl sites for hydroxylation is 3. The van der Waals surface area contributed by atoms with Crippen LogP contribution in [0, 0.1) is 20.8 Å². The first-order chi connectivity index (χ1) is 10.1. The van der Waals surface area contributed by atoms with Crippen molar-refractivity contribution in [2.24, 2.45) is 0 Å². The maximum absolute atomic E-state index is 12.7. The lowest BCUT2D eigenvalue weighted by molar-refractivity contribution is 0.0661. The Hall–Kier alpha value is -2.28. The van der Waals surface area contributed by atoms with Crippen LogP contribution in [0.5, 0.6) is 0 Å². The second-order valence-corrected chi connectivity index (χ2v) is 7.04. The van der Waals surface area contributed by atoms with Gasteiger partial charge in [0.25, 0.3) is 10.0 Å². The first kappa shape index (κ1) is 16.1. The minimum atomic E-state index is -3.90. The average molecular weight is 323 g/mol. The van der Waals surface area contributed by atoms with E-state index in [0.717, 1.165) is 21.5 Å². The highest BCUT2D eigenvalue weighted by Crippen LogP contribution is 2.29. The van der Waals surface area contributed by atoms with Crippen LogP contribution in [-0.2, 0) is 10.0 Å². The maximum Gasteiger partial charge on any atom is 0.371 e. The lowest BCUT2D eigenvalue weighted by Gasteiger charge is -2.21. The van der Waals surface area contributed by atoms with Crippen LogP contribution in [0.25, 0.3) is 0 Å². The van der Waals surface area contributed by atoms with Gasteiger partial charge in [0.1, 0.15) is 10.7 Å². The summed E-state index contributed by atoms with van der Waals surface area (Å²) < 4.78 is 31.6. The van der Waals surface area contributed by atoms with Crippen molar-refractivity contribution in [2.45, 2.75) is 25.7 Å². The SMILES string of the molecule is Cc1ccc(C)c(N(C)S(=O)(=O)c2cc(C(=O)O)oc2C)c1. The number of furan rings is 1. The molecule has 0 aliphatic heterocycles. The number of hydrogen-bond acceptors (Lipinski definition) is 4. The summed E-state index contributed by atoms with van der Waals surface area (Å²) in [4.78, 5) is 10.8. The van der Waals surface area contributed by atoms with Crippen molar-refractivity contribution in [1.82, 2.24) is 0 Å². The van der Waals surface area contributed by atoms with Crippen LogP contribution < -0.4 is 4.31 Å². The van der Waals surface area contributed by atoms with Gasteiger partial charge in [-0.15, -0.1) is 0 Å². The molecule has 0 radical (unpaired) electrons. The fraction of sp³-hybridized carbons (Fsp3) is 0.267. The second-order valence-electron chi connectivity index (χ2n) is 5.10. The van der Waals surface area contributed by atoms with Gasteiger partial charge in [0.05, 0.1) is 5.69 Å². The van der Waals surface area contributed by atoms with Crippen LogP contribution in [0.1, 0.15) is 27.4 Å². The van der Waals surface area contributed by atoms with E-state index in [1.807, 2.05) is 26.0 Å². The molecule has 0 saturated heterocycles. The number of hydrogen-bond donors (Lipinski definition) is 1. The van der Waals surface area contributed by atoms with Crippen molar-refractivity contribution in [1.29, 1.82) is 0 Å². The van der Waals surface area contributed by atoms with Gasteiger partial charge in [-0.25, -0.2) is 13.2 Å². The molecule has 7 heteroatoms. The van der Waals surface area contributed by atoms with Crippen LogP contribution in [-0.4, -0.2) is 26.5 Å². The molecule has 1 aromatic heterocycles. The van der Waals surface area contributed by atoms with Crippen LogP contribution in [0.3, 0.4) is 0 Å². The summed E-state index contributed by atoms with van der Waals surface area (Å²) in [6, 6.07) is 6.53. The predicted molar refractivity (Wildman–Crippen MR) is 81.9 cm³/mol. The molecular weight excluding hydrogens is 306 g/mol. The largest absolute Gasteiger partial charge is 0.475 e. The van der Waals surface area contributed by atoms with Crippen molar-refractivity contribution < 1.29 is 22.7 Å². The zero-order chi connectivity index (χ0) is 16.7. The van der Waals surface area contributed by atoms with Gasteiger partial charge in [-0.05, 0) is 38.0 Å². The highest BCUT2D eigenvalue weighted by molar-refractivity contribution is 7.92. The normalized spacial score (nSPS) is 11.5. The van der Waals surface area contributed by atoms with Crippen molar-refractivity contribution >= 4 is 21.7 Å². The summed E-state index contributed by atoms with van der Waals surface area (Å²) in [5, 5.41) is 8.92. The third-order valence-corrected chi connectivity index (χ3v) is 5.30. The summed E-state index contributed by atoms with van der Waals surface area (Å²) in [5.41, 5.74) is 2.27. The lowest BCUT2D eigenvalue weighted by Crippen LogP contribution is -2.27. The van der Waals surface area contributed by atoms with Gasteiger partial charge in [-0.3, -0.25) is 4.31 Å². The minimum absolute atomic E-state index is 0.0505. The fourth-order valence-electron chi connectivity index (χ4n) is 2.16. The Labute approximate surface area is 129 Å². The van der Waals surface area contributed by atoms with Gasteiger partial charge in [-0.1, -0.05) is 12.1 Å². The Morgan fingerprint density at radius 2 is 1.82 bits per heavy atom. The molecule has 0 aliphatic carbocycles. The van der Waals surface area contributed by atoms with Crippen LogP contribution in [0.4, 0.5) is 5.69 Å². The van der Waals surface area contributed by atoms with E-state index in [2.05, 4.69) is 0 Å². The quantitative estimate of drug-likeness (QED) is 0.934. The molecule has 0 saturated carbocycles. The number of carbonyl (C=O) groups is 1. The molecule has 0 aliphatic rings. The molecule has 2 rings (SSSR count). The average Bonchev–Trinajstić information content (AvgIpc) is 2.83. The molecule has 0 unspecified atom stereocenters. The zero-order valence-electron chi connectivity index (χ0n) is 12.7.